The molecule has 0 aliphatic carbocycles. The largest absolute Gasteiger partial charge is 0.356 e. The van der Waals surface area contributed by atoms with Gasteiger partial charge in [-0.25, -0.2) is 0 Å². The molecule has 2 heterocycles. The van der Waals surface area contributed by atoms with E-state index in [4.69, 9.17) is 0 Å². The fourth-order valence-electron chi connectivity index (χ4n) is 3.53. The number of hydrogen-bond donors (Lipinski definition) is 1. The number of carbonyl (C=O) groups excluding carboxylic acids is 1. The normalized spacial score (nSPS) is 15.6. The maximum atomic E-state index is 12.9. The first kappa shape index (κ1) is 21.8. The van der Waals surface area contributed by atoms with Gasteiger partial charge in [0.1, 0.15) is 0 Å². The number of piperazine rings is 1. The van der Waals surface area contributed by atoms with Crippen LogP contribution in [0.2, 0.25) is 0 Å². The minimum atomic E-state index is -0.171. The van der Waals surface area contributed by atoms with Crippen LogP contribution in [0.4, 0.5) is 5.13 Å². The van der Waals surface area contributed by atoms with Crippen LogP contribution in [-0.4, -0.2) is 57.3 Å². The number of nitrogens with one attached hydrogen (secondary N) is 1. The molecule has 8 heteroatoms. The van der Waals surface area contributed by atoms with Crippen molar-refractivity contribution in [3.05, 3.63) is 71.8 Å². The molecule has 162 valence electrons. The zero-order valence-electron chi connectivity index (χ0n) is 17.6. The zero-order valence-corrected chi connectivity index (χ0v) is 19.2. The minimum Gasteiger partial charge on any atom is -0.356 e. The molecule has 31 heavy (non-hydrogen) atoms. The van der Waals surface area contributed by atoms with Crippen molar-refractivity contribution in [2.24, 2.45) is 0 Å². The molecule has 2 aromatic carbocycles. The van der Waals surface area contributed by atoms with Gasteiger partial charge in [-0.2, -0.15) is 0 Å². The number of anilines is 1. The highest BCUT2D eigenvalue weighted by molar-refractivity contribution is 8.02. The molecular weight excluding hydrogens is 426 g/mol. The highest BCUT2D eigenvalue weighted by Crippen LogP contribution is 2.30. The third kappa shape index (κ3) is 6.29. The summed E-state index contributed by atoms with van der Waals surface area (Å²) in [6, 6.07) is 20.7. The Kier molecular flexibility index (Phi) is 7.56. The molecule has 3 aromatic rings. The van der Waals surface area contributed by atoms with E-state index in [1.807, 2.05) is 36.1 Å². The van der Waals surface area contributed by atoms with Crippen LogP contribution in [-0.2, 0) is 17.9 Å². The molecule has 0 spiro atoms. The molecule has 4 rings (SSSR count). The van der Waals surface area contributed by atoms with E-state index in [9.17, 15) is 4.79 Å². The highest BCUT2D eigenvalue weighted by atomic mass is 32.2. The quantitative estimate of drug-likeness (QED) is 0.521. The molecule has 1 saturated heterocycles. The predicted octanol–water partition coefficient (Wildman–Crippen LogP) is 3.98. The second kappa shape index (κ2) is 10.7. The van der Waals surface area contributed by atoms with E-state index in [0.717, 1.165) is 42.2 Å². The summed E-state index contributed by atoms with van der Waals surface area (Å²) < 4.78 is 0.819. The fraction of sp³-hybridized carbons (Fsp3) is 0.348. The molecule has 1 atom stereocenters. The first-order valence-electron chi connectivity index (χ1n) is 10.5. The number of thioether (sulfide) groups is 1. The molecule has 1 unspecified atom stereocenters. The lowest BCUT2D eigenvalue weighted by Gasteiger charge is -2.35. The summed E-state index contributed by atoms with van der Waals surface area (Å²) in [5.74, 6) is 0.179. The number of hydrogen-bond acceptors (Lipinski definition) is 7. The van der Waals surface area contributed by atoms with Crippen molar-refractivity contribution < 1.29 is 4.79 Å². The van der Waals surface area contributed by atoms with Crippen LogP contribution in [0.3, 0.4) is 0 Å². The van der Waals surface area contributed by atoms with Crippen LogP contribution in [0, 0.1) is 0 Å². The highest BCUT2D eigenvalue weighted by Gasteiger charge is 2.26. The van der Waals surface area contributed by atoms with Crippen LogP contribution in [0.1, 0.15) is 18.1 Å². The van der Waals surface area contributed by atoms with E-state index in [1.54, 1.807) is 0 Å². The Hall–Kier alpha value is -2.42. The average molecular weight is 454 g/mol. The van der Waals surface area contributed by atoms with Gasteiger partial charge >= 0.3 is 0 Å². The van der Waals surface area contributed by atoms with Crippen LogP contribution >= 0.6 is 23.1 Å². The Morgan fingerprint density at radius 1 is 1.00 bits per heavy atom. The Balaban J connectivity index is 1.22. The van der Waals surface area contributed by atoms with E-state index in [1.165, 1.54) is 34.2 Å². The maximum Gasteiger partial charge on any atom is 0.235 e. The van der Waals surface area contributed by atoms with Gasteiger partial charge in [0.05, 0.1) is 5.25 Å². The van der Waals surface area contributed by atoms with Crippen molar-refractivity contribution in [1.82, 2.24) is 20.0 Å². The molecule has 0 radical (unpaired) electrons. The maximum absolute atomic E-state index is 12.9. The number of nitrogens with zero attached hydrogens (tertiary/aromatic N) is 4. The Labute approximate surface area is 191 Å². The second-order valence-corrected chi connectivity index (χ2v) is 10.1. The van der Waals surface area contributed by atoms with Crippen LogP contribution < -0.4 is 5.32 Å². The standard InChI is InChI=1S/C23H27N5OS2/c1-18(30-23-26-25-22(31-23)24-16-19-8-4-2-5-9-19)21(29)28-14-12-27(13-15-28)17-20-10-6-3-7-11-20/h2-11,18H,12-17H2,1H3,(H,24,25). The first-order valence-corrected chi connectivity index (χ1v) is 12.2. The van der Waals surface area contributed by atoms with Gasteiger partial charge in [-0.3, -0.25) is 9.69 Å². The summed E-state index contributed by atoms with van der Waals surface area (Å²) in [6.07, 6.45) is 0. The lowest BCUT2D eigenvalue weighted by molar-refractivity contribution is -0.132. The fourth-order valence-corrected chi connectivity index (χ4v) is 5.50. The molecule has 1 N–H and O–H groups in total. The van der Waals surface area contributed by atoms with Crippen molar-refractivity contribution in [3.63, 3.8) is 0 Å². The van der Waals surface area contributed by atoms with E-state index >= 15 is 0 Å². The molecule has 1 aliphatic rings. The monoisotopic (exact) mass is 453 g/mol. The van der Waals surface area contributed by atoms with Crippen LogP contribution in [0.5, 0.6) is 0 Å². The number of aromatic nitrogens is 2. The van der Waals surface area contributed by atoms with Crippen molar-refractivity contribution >= 4 is 34.1 Å². The molecule has 6 nitrogen and oxygen atoms in total. The van der Waals surface area contributed by atoms with E-state index in [2.05, 4.69) is 56.8 Å². The van der Waals surface area contributed by atoms with Crippen LogP contribution in [0.25, 0.3) is 0 Å². The minimum absolute atomic E-state index is 0.171. The molecule has 1 aliphatic heterocycles. The third-order valence-corrected chi connectivity index (χ3v) is 7.30. The Morgan fingerprint density at radius 2 is 1.65 bits per heavy atom. The summed E-state index contributed by atoms with van der Waals surface area (Å²) in [4.78, 5) is 17.3. The van der Waals surface area contributed by atoms with Gasteiger partial charge in [0.2, 0.25) is 11.0 Å². The van der Waals surface area contributed by atoms with E-state index in [-0.39, 0.29) is 11.2 Å². The van der Waals surface area contributed by atoms with E-state index in [0.29, 0.717) is 6.54 Å². The number of amides is 1. The second-order valence-electron chi connectivity index (χ2n) is 7.56. The molecular formula is C23H27N5OS2. The van der Waals surface area contributed by atoms with Gasteiger partial charge in [-0.05, 0) is 18.1 Å². The van der Waals surface area contributed by atoms with Gasteiger partial charge in [0.25, 0.3) is 0 Å². The molecule has 1 amide bonds. The predicted molar refractivity (Wildman–Crippen MR) is 127 cm³/mol. The average Bonchev–Trinajstić information content (AvgIpc) is 3.26. The molecule has 0 bridgehead atoms. The number of rotatable bonds is 8. The van der Waals surface area contributed by atoms with E-state index < -0.39 is 0 Å². The number of carbonyl (C=O) groups is 1. The Bertz CT molecular complexity index is 958. The van der Waals surface area contributed by atoms with Gasteiger partial charge in [0.15, 0.2) is 4.34 Å². The van der Waals surface area contributed by atoms with Crippen molar-refractivity contribution in [1.29, 1.82) is 0 Å². The van der Waals surface area contributed by atoms with Crippen molar-refractivity contribution in [2.75, 3.05) is 31.5 Å². The van der Waals surface area contributed by atoms with Crippen molar-refractivity contribution in [2.45, 2.75) is 29.6 Å². The lowest BCUT2D eigenvalue weighted by atomic mass is 10.2. The summed E-state index contributed by atoms with van der Waals surface area (Å²) in [5.41, 5.74) is 2.51. The Morgan fingerprint density at radius 3 is 2.32 bits per heavy atom. The molecule has 0 saturated carbocycles. The third-order valence-electron chi connectivity index (χ3n) is 5.25. The van der Waals surface area contributed by atoms with Crippen molar-refractivity contribution in [3.8, 4) is 0 Å². The zero-order chi connectivity index (χ0) is 21.5. The summed E-state index contributed by atoms with van der Waals surface area (Å²) in [7, 11) is 0. The lowest BCUT2D eigenvalue weighted by Crippen LogP contribution is -2.50. The summed E-state index contributed by atoms with van der Waals surface area (Å²) in [6.45, 7) is 6.97. The summed E-state index contributed by atoms with van der Waals surface area (Å²) in [5, 5.41) is 12.4. The van der Waals surface area contributed by atoms with Gasteiger partial charge in [0, 0.05) is 39.3 Å². The summed E-state index contributed by atoms with van der Waals surface area (Å²) >= 11 is 2.99. The topological polar surface area (TPSA) is 61.4 Å². The van der Waals surface area contributed by atoms with Gasteiger partial charge < -0.3 is 10.2 Å². The molecule has 1 fully saturated rings. The van der Waals surface area contributed by atoms with Gasteiger partial charge in [-0.1, -0.05) is 83.8 Å². The van der Waals surface area contributed by atoms with Gasteiger partial charge in [-0.15, -0.1) is 10.2 Å². The molecule has 1 aromatic heterocycles. The first-order chi connectivity index (χ1) is 15.2. The van der Waals surface area contributed by atoms with Crippen LogP contribution in [0.15, 0.2) is 65.0 Å². The smallest absolute Gasteiger partial charge is 0.235 e. The SMILES string of the molecule is CC(Sc1nnc(NCc2ccccc2)s1)C(=O)N1CCN(Cc2ccccc2)CC1. The number of benzene rings is 2.